The van der Waals surface area contributed by atoms with E-state index in [4.69, 9.17) is 4.74 Å². The number of hydrogen-bond acceptors (Lipinski definition) is 3. The lowest BCUT2D eigenvalue weighted by molar-refractivity contribution is 0.461. The molecule has 0 radical (unpaired) electrons. The Bertz CT molecular complexity index is 508. The van der Waals surface area contributed by atoms with Gasteiger partial charge in [0.1, 0.15) is 5.75 Å². The third-order valence-corrected chi connectivity index (χ3v) is 2.86. The molecule has 2 aromatic rings. The molecule has 1 heterocycles. The zero-order valence-corrected chi connectivity index (χ0v) is 11.5. The third-order valence-electron chi connectivity index (χ3n) is 2.86. The number of benzene rings is 1. The molecule has 0 saturated carbocycles. The monoisotopic (exact) mass is 256 g/mol. The standard InChI is InChI=1S/C16H20N2O/c1-3-4-13-5-7-15(8-6-13)19-16-11-14(12-17-2)9-10-18-16/h5-11,17H,3-4,12H2,1-2H3. The quantitative estimate of drug-likeness (QED) is 0.858. The van der Waals surface area contributed by atoms with Gasteiger partial charge >= 0.3 is 0 Å². The largest absolute Gasteiger partial charge is 0.439 e. The summed E-state index contributed by atoms with van der Waals surface area (Å²) in [5.74, 6) is 1.46. The summed E-state index contributed by atoms with van der Waals surface area (Å²) in [4.78, 5) is 4.23. The van der Waals surface area contributed by atoms with Crippen LogP contribution < -0.4 is 10.1 Å². The normalized spacial score (nSPS) is 10.4. The van der Waals surface area contributed by atoms with Crippen LogP contribution in [0.1, 0.15) is 24.5 Å². The summed E-state index contributed by atoms with van der Waals surface area (Å²) in [6.45, 7) is 3.00. The molecule has 0 saturated heterocycles. The molecule has 3 nitrogen and oxygen atoms in total. The van der Waals surface area contributed by atoms with Crippen molar-refractivity contribution in [2.45, 2.75) is 26.3 Å². The minimum absolute atomic E-state index is 0.635. The molecule has 0 atom stereocenters. The summed E-state index contributed by atoms with van der Waals surface area (Å²) in [5.41, 5.74) is 2.50. The first-order chi connectivity index (χ1) is 9.31. The molecule has 2 rings (SSSR count). The smallest absolute Gasteiger partial charge is 0.219 e. The fourth-order valence-corrected chi connectivity index (χ4v) is 1.95. The zero-order chi connectivity index (χ0) is 13.5. The summed E-state index contributed by atoms with van der Waals surface area (Å²) >= 11 is 0. The van der Waals surface area contributed by atoms with E-state index < -0.39 is 0 Å². The van der Waals surface area contributed by atoms with Crippen LogP contribution in [0.3, 0.4) is 0 Å². The van der Waals surface area contributed by atoms with Gasteiger partial charge in [-0.25, -0.2) is 4.98 Å². The minimum Gasteiger partial charge on any atom is -0.439 e. The molecule has 100 valence electrons. The summed E-state index contributed by atoms with van der Waals surface area (Å²) in [5, 5.41) is 3.11. The van der Waals surface area contributed by atoms with Gasteiger partial charge in [0.25, 0.3) is 0 Å². The maximum Gasteiger partial charge on any atom is 0.219 e. The van der Waals surface area contributed by atoms with Gasteiger partial charge in [-0.3, -0.25) is 0 Å². The van der Waals surface area contributed by atoms with E-state index in [0.29, 0.717) is 5.88 Å². The number of hydrogen-bond donors (Lipinski definition) is 1. The topological polar surface area (TPSA) is 34.1 Å². The molecule has 0 fully saturated rings. The van der Waals surface area contributed by atoms with Gasteiger partial charge in [0.15, 0.2) is 0 Å². The van der Waals surface area contributed by atoms with Crippen LogP contribution in [0.25, 0.3) is 0 Å². The molecule has 0 aliphatic carbocycles. The highest BCUT2D eigenvalue weighted by atomic mass is 16.5. The summed E-state index contributed by atoms with van der Waals surface area (Å²) in [7, 11) is 1.92. The Hall–Kier alpha value is -1.87. The Kier molecular flexibility index (Phi) is 4.93. The lowest BCUT2D eigenvalue weighted by Crippen LogP contribution is -2.05. The molecule has 0 aliphatic heterocycles. The van der Waals surface area contributed by atoms with E-state index in [1.54, 1.807) is 6.20 Å². The molecule has 3 heteroatoms. The van der Waals surface area contributed by atoms with Gasteiger partial charge in [0.05, 0.1) is 0 Å². The molecule has 0 unspecified atom stereocenters. The van der Waals surface area contributed by atoms with Crippen LogP contribution >= 0.6 is 0 Å². The van der Waals surface area contributed by atoms with Crippen molar-refractivity contribution in [2.75, 3.05) is 7.05 Å². The first-order valence-electron chi connectivity index (χ1n) is 6.68. The fraction of sp³-hybridized carbons (Fsp3) is 0.312. The Morgan fingerprint density at radius 3 is 2.58 bits per heavy atom. The lowest BCUT2D eigenvalue weighted by Gasteiger charge is -2.07. The van der Waals surface area contributed by atoms with Crippen molar-refractivity contribution in [3.05, 3.63) is 53.7 Å². The van der Waals surface area contributed by atoms with Crippen molar-refractivity contribution in [2.24, 2.45) is 0 Å². The predicted octanol–water partition coefficient (Wildman–Crippen LogP) is 3.55. The predicted molar refractivity (Wildman–Crippen MR) is 77.5 cm³/mol. The molecular weight excluding hydrogens is 236 g/mol. The first kappa shape index (κ1) is 13.6. The number of aryl methyl sites for hydroxylation is 1. The molecule has 1 aromatic heterocycles. The molecule has 1 N–H and O–H groups in total. The highest BCUT2D eigenvalue weighted by molar-refractivity contribution is 5.31. The van der Waals surface area contributed by atoms with Gasteiger partial charge in [-0.2, -0.15) is 0 Å². The Morgan fingerprint density at radius 2 is 1.89 bits per heavy atom. The Balaban J connectivity index is 2.05. The minimum atomic E-state index is 0.635. The van der Waals surface area contributed by atoms with Crippen molar-refractivity contribution in [3.8, 4) is 11.6 Å². The maximum atomic E-state index is 5.76. The van der Waals surface area contributed by atoms with Gasteiger partial charge in [-0.1, -0.05) is 25.5 Å². The molecule has 0 bridgehead atoms. The molecule has 0 aliphatic rings. The highest BCUT2D eigenvalue weighted by Gasteiger charge is 2.00. The van der Waals surface area contributed by atoms with Crippen LogP contribution in [0.15, 0.2) is 42.6 Å². The second-order valence-corrected chi connectivity index (χ2v) is 4.53. The number of nitrogens with one attached hydrogen (secondary N) is 1. The third kappa shape index (κ3) is 4.07. The van der Waals surface area contributed by atoms with Crippen LogP contribution in [0, 0.1) is 0 Å². The Labute approximate surface area is 114 Å². The van der Waals surface area contributed by atoms with E-state index in [9.17, 15) is 0 Å². The van der Waals surface area contributed by atoms with Crippen LogP contribution in [-0.2, 0) is 13.0 Å². The lowest BCUT2D eigenvalue weighted by atomic mass is 10.1. The van der Waals surface area contributed by atoms with Crippen molar-refractivity contribution < 1.29 is 4.74 Å². The van der Waals surface area contributed by atoms with Crippen molar-refractivity contribution in [1.29, 1.82) is 0 Å². The molecule has 19 heavy (non-hydrogen) atoms. The van der Waals surface area contributed by atoms with Gasteiger partial charge in [0.2, 0.25) is 5.88 Å². The average Bonchev–Trinajstić information content (AvgIpc) is 2.42. The highest BCUT2D eigenvalue weighted by Crippen LogP contribution is 2.20. The van der Waals surface area contributed by atoms with Gasteiger partial charge < -0.3 is 10.1 Å². The summed E-state index contributed by atoms with van der Waals surface area (Å²) in [6.07, 6.45) is 4.04. The summed E-state index contributed by atoms with van der Waals surface area (Å²) < 4.78 is 5.76. The van der Waals surface area contributed by atoms with Gasteiger partial charge in [0, 0.05) is 18.8 Å². The van der Waals surface area contributed by atoms with Crippen molar-refractivity contribution in [3.63, 3.8) is 0 Å². The fourth-order valence-electron chi connectivity index (χ4n) is 1.95. The van der Waals surface area contributed by atoms with Gasteiger partial charge in [-0.05, 0) is 42.8 Å². The van der Waals surface area contributed by atoms with Gasteiger partial charge in [-0.15, -0.1) is 0 Å². The van der Waals surface area contributed by atoms with E-state index in [1.807, 2.05) is 31.3 Å². The van der Waals surface area contributed by atoms with E-state index in [0.717, 1.165) is 30.7 Å². The van der Waals surface area contributed by atoms with Crippen LogP contribution in [-0.4, -0.2) is 12.0 Å². The van der Waals surface area contributed by atoms with Crippen molar-refractivity contribution >= 4 is 0 Å². The maximum absolute atomic E-state index is 5.76. The van der Waals surface area contributed by atoms with E-state index >= 15 is 0 Å². The second-order valence-electron chi connectivity index (χ2n) is 4.53. The second kappa shape index (κ2) is 6.90. The van der Waals surface area contributed by atoms with Crippen molar-refractivity contribution in [1.82, 2.24) is 10.3 Å². The van der Waals surface area contributed by atoms with Crippen LogP contribution in [0.5, 0.6) is 11.6 Å². The molecule has 0 spiro atoms. The number of rotatable bonds is 6. The van der Waals surface area contributed by atoms with Crippen LogP contribution in [0.4, 0.5) is 0 Å². The number of ether oxygens (including phenoxy) is 1. The number of aromatic nitrogens is 1. The van der Waals surface area contributed by atoms with E-state index in [2.05, 4.69) is 29.4 Å². The van der Waals surface area contributed by atoms with Crippen LogP contribution in [0.2, 0.25) is 0 Å². The van der Waals surface area contributed by atoms with E-state index in [-0.39, 0.29) is 0 Å². The molecule has 1 aromatic carbocycles. The number of nitrogens with zero attached hydrogens (tertiary/aromatic N) is 1. The molecule has 0 amide bonds. The Morgan fingerprint density at radius 1 is 1.11 bits per heavy atom. The zero-order valence-electron chi connectivity index (χ0n) is 11.5. The molecular formula is C16H20N2O. The summed E-state index contributed by atoms with van der Waals surface area (Å²) in [6, 6.07) is 12.1. The SMILES string of the molecule is CCCc1ccc(Oc2cc(CNC)ccn2)cc1. The van der Waals surface area contributed by atoms with E-state index in [1.165, 1.54) is 5.56 Å². The number of pyridine rings is 1. The average molecular weight is 256 g/mol. The first-order valence-corrected chi connectivity index (χ1v) is 6.68.